The zero-order valence-electron chi connectivity index (χ0n) is 15.6. The molecule has 1 aliphatic heterocycles. The minimum absolute atomic E-state index is 0.222. The standard InChI is InChI=1S/C20H22N4O3/c1-14-8-7-11-24-17(14)22-18(23-9-5-3-4-6-10-23)16(19(24)25)12-15(13-21)20(26)27-2/h7-8,11-12H,3-6,9-10H2,1-2H3/b15-12+. The van der Waals surface area contributed by atoms with Crippen molar-refractivity contribution >= 4 is 23.5 Å². The molecule has 1 saturated heterocycles. The van der Waals surface area contributed by atoms with E-state index in [1.54, 1.807) is 12.3 Å². The quantitative estimate of drug-likeness (QED) is 0.471. The number of methoxy groups -OCH3 is 1. The van der Waals surface area contributed by atoms with E-state index in [0.29, 0.717) is 11.5 Å². The van der Waals surface area contributed by atoms with E-state index in [2.05, 4.69) is 9.64 Å². The molecule has 3 heterocycles. The molecule has 0 aromatic carbocycles. The molecule has 140 valence electrons. The van der Waals surface area contributed by atoms with Gasteiger partial charge in [0.05, 0.1) is 12.7 Å². The maximum absolute atomic E-state index is 13.2. The van der Waals surface area contributed by atoms with Crippen LogP contribution >= 0.6 is 0 Å². The van der Waals surface area contributed by atoms with Crippen LogP contribution in [-0.2, 0) is 9.53 Å². The fourth-order valence-corrected chi connectivity index (χ4v) is 3.34. The summed E-state index contributed by atoms with van der Waals surface area (Å²) in [6.45, 7) is 3.48. The van der Waals surface area contributed by atoms with Gasteiger partial charge in [0.15, 0.2) is 0 Å². The Morgan fingerprint density at radius 1 is 1.30 bits per heavy atom. The number of pyridine rings is 1. The van der Waals surface area contributed by atoms with Crippen molar-refractivity contribution < 1.29 is 9.53 Å². The molecule has 0 radical (unpaired) electrons. The highest BCUT2D eigenvalue weighted by Crippen LogP contribution is 2.23. The molecule has 2 aromatic heterocycles. The number of carbonyl (C=O) groups is 1. The van der Waals surface area contributed by atoms with E-state index in [-0.39, 0.29) is 16.7 Å². The maximum Gasteiger partial charge on any atom is 0.348 e. The number of aryl methyl sites for hydroxylation is 1. The van der Waals surface area contributed by atoms with Gasteiger partial charge in [0.25, 0.3) is 5.56 Å². The van der Waals surface area contributed by atoms with Crippen molar-refractivity contribution in [3.63, 3.8) is 0 Å². The van der Waals surface area contributed by atoms with Gasteiger partial charge < -0.3 is 9.64 Å². The van der Waals surface area contributed by atoms with Crippen molar-refractivity contribution in [2.45, 2.75) is 32.6 Å². The van der Waals surface area contributed by atoms with E-state index in [1.807, 2.05) is 19.1 Å². The Hall–Kier alpha value is -3.14. The summed E-state index contributed by atoms with van der Waals surface area (Å²) in [4.78, 5) is 31.9. The largest absolute Gasteiger partial charge is 0.465 e. The third-order valence-electron chi connectivity index (χ3n) is 4.78. The number of aromatic nitrogens is 2. The van der Waals surface area contributed by atoms with Gasteiger partial charge in [0.1, 0.15) is 23.1 Å². The van der Waals surface area contributed by atoms with Crippen LogP contribution in [0.3, 0.4) is 0 Å². The fraction of sp³-hybridized carbons (Fsp3) is 0.400. The van der Waals surface area contributed by atoms with Crippen LogP contribution in [0.25, 0.3) is 11.7 Å². The van der Waals surface area contributed by atoms with E-state index >= 15 is 0 Å². The molecular weight excluding hydrogens is 344 g/mol. The maximum atomic E-state index is 13.2. The number of nitrogens with zero attached hydrogens (tertiary/aromatic N) is 4. The molecule has 0 spiro atoms. The van der Waals surface area contributed by atoms with Gasteiger partial charge in [-0.15, -0.1) is 0 Å². The van der Waals surface area contributed by atoms with Gasteiger partial charge in [-0.05, 0) is 37.5 Å². The Labute approximate surface area is 157 Å². The van der Waals surface area contributed by atoms with Gasteiger partial charge >= 0.3 is 5.97 Å². The van der Waals surface area contributed by atoms with Crippen LogP contribution in [0.15, 0.2) is 28.7 Å². The summed E-state index contributed by atoms with van der Waals surface area (Å²) in [6, 6.07) is 5.50. The molecule has 3 rings (SSSR count). The summed E-state index contributed by atoms with van der Waals surface area (Å²) in [5.41, 5.74) is 1.17. The summed E-state index contributed by atoms with van der Waals surface area (Å²) in [6.07, 6.45) is 7.25. The molecule has 7 nitrogen and oxygen atoms in total. The molecule has 0 amide bonds. The minimum atomic E-state index is -0.770. The number of hydrogen-bond acceptors (Lipinski definition) is 6. The number of anilines is 1. The summed E-state index contributed by atoms with van der Waals surface area (Å²) in [5.74, 6) is -0.249. The number of rotatable bonds is 3. The number of hydrogen-bond donors (Lipinski definition) is 0. The Morgan fingerprint density at radius 2 is 2.00 bits per heavy atom. The predicted octanol–water partition coefficient (Wildman–Crippen LogP) is 2.46. The average Bonchev–Trinajstić information content (AvgIpc) is 2.96. The Balaban J connectivity index is 2.29. The van der Waals surface area contributed by atoms with Crippen LogP contribution < -0.4 is 10.5 Å². The lowest BCUT2D eigenvalue weighted by Gasteiger charge is -2.24. The SMILES string of the molecule is COC(=O)/C(C#N)=C/c1c(N2CCCCCC2)nc2c(C)cccn2c1=O. The number of esters is 1. The lowest BCUT2D eigenvalue weighted by molar-refractivity contribution is -0.135. The number of ether oxygens (including phenoxy) is 1. The first-order chi connectivity index (χ1) is 13.1. The van der Waals surface area contributed by atoms with Crippen LogP contribution in [0, 0.1) is 18.3 Å². The Bertz CT molecular complexity index is 993. The summed E-state index contributed by atoms with van der Waals surface area (Å²) in [5, 5.41) is 9.32. The monoisotopic (exact) mass is 366 g/mol. The number of fused-ring (bicyclic) bond motifs is 1. The van der Waals surface area contributed by atoms with E-state index in [9.17, 15) is 14.9 Å². The summed E-state index contributed by atoms with van der Waals surface area (Å²) >= 11 is 0. The third-order valence-corrected chi connectivity index (χ3v) is 4.78. The molecule has 0 saturated carbocycles. The van der Waals surface area contributed by atoms with Gasteiger partial charge in [-0.3, -0.25) is 9.20 Å². The average molecular weight is 366 g/mol. The van der Waals surface area contributed by atoms with Crippen LogP contribution in [0.1, 0.15) is 36.8 Å². The third kappa shape index (κ3) is 3.70. The van der Waals surface area contributed by atoms with Gasteiger partial charge in [0.2, 0.25) is 0 Å². The summed E-state index contributed by atoms with van der Waals surface area (Å²) < 4.78 is 6.11. The van der Waals surface area contributed by atoms with Crippen LogP contribution in [-0.4, -0.2) is 35.6 Å². The van der Waals surface area contributed by atoms with Gasteiger partial charge in [-0.2, -0.15) is 5.26 Å². The second-order valence-corrected chi connectivity index (χ2v) is 6.60. The lowest BCUT2D eigenvalue weighted by atomic mass is 10.1. The van der Waals surface area contributed by atoms with Gasteiger partial charge in [0, 0.05) is 19.3 Å². The van der Waals surface area contributed by atoms with E-state index in [1.165, 1.54) is 17.6 Å². The topological polar surface area (TPSA) is 87.7 Å². The predicted molar refractivity (Wildman–Crippen MR) is 102 cm³/mol. The minimum Gasteiger partial charge on any atom is -0.465 e. The van der Waals surface area contributed by atoms with Crippen LogP contribution in [0.5, 0.6) is 0 Å². The molecule has 2 aromatic rings. The highest BCUT2D eigenvalue weighted by atomic mass is 16.5. The van der Waals surface area contributed by atoms with Gasteiger partial charge in [-0.1, -0.05) is 18.9 Å². The highest BCUT2D eigenvalue weighted by molar-refractivity contribution is 5.98. The van der Waals surface area contributed by atoms with Crippen molar-refractivity contribution in [2.24, 2.45) is 0 Å². The molecule has 0 aliphatic carbocycles. The summed E-state index contributed by atoms with van der Waals surface area (Å²) in [7, 11) is 1.21. The van der Waals surface area contributed by atoms with E-state index in [4.69, 9.17) is 4.98 Å². The molecule has 1 aliphatic rings. The molecule has 0 bridgehead atoms. The zero-order chi connectivity index (χ0) is 19.4. The van der Waals surface area contributed by atoms with Crippen molar-refractivity contribution in [1.82, 2.24) is 9.38 Å². The number of carbonyl (C=O) groups excluding carboxylic acids is 1. The van der Waals surface area contributed by atoms with E-state index < -0.39 is 5.97 Å². The molecular formula is C20H22N4O3. The lowest BCUT2D eigenvalue weighted by Crippen LogP contribution is -2.30. The normalized spacial score (nSPS) is 15.3. The molecule has 7 heteroatoms. The van der Waals surface area contributed by atoms with Crippen LogP contribution in [0.4, 0.5) is 5.82 Å². The van der Waals surface area contributed by atoms with E-state index in [0.717, 1.165) is 44.3 Å². The first-order valence-corrected chi connectivity index (χ1v) is 9.04. The molecule has 0 unspecified atom stereocenters. The smallest absolute Gasteiger partial charge is 0.348 e. The Morgan fingerprint density at radius 3 is 2.63 bits per heavy atom. The first-order valence-electron chi connectivity index (χ1n) is 9.04. The second-order valence-electron chi connectivity index (χ2n) is 6.60. The van der Waals surface area contributed by atoms with Gasteiger partial charge in [-0.25, -0.2) is 9.78 Å². The Kier molecular flexibility index (Phi) is 5.55. The van der Waals surface area contributed by atoms with Crippen LogP contribution in [0.2, 0.25) is 0 Å². The van der Waals surface area contributed by atoms with Crippen molar-refractivity contribution in [1.29, 1.82) is 5.26 Å². The van der Waals surface area contributed by atoms with Crippen molar-refractivity contribution in [2.75, 3.05) is 25.1 Å². The highest BCUT2D eigenvalue weighted by Gasteiger charge is 2.21. The van der Waals surface area contributed by atoms with Crippen molar-refractivity contribution in [3.05, 3.63) is 45.4 Å². The molecule has 1 fully saturated rings. The molecule has 0 atom stereocenters. The fourth-order valence-electron chi connectivity index (χ4n) is 3.34. The first kappa shape index (κ1) is 18.6. The number of nitriles is 1. The second kappa shape index (κ2) is 8.04. The molecule has 0 N–H and O–H groups in total. The zero-order valence-corrected chi connectivity index (χ0v) is 15.6. The van der Waals surface area contributed by atoms with Crippen molar-refractivity contribution in [3.8, 4) is 6.07 Å². The molecule has 27 heavy (non-hydrogen) atoms.